The highest BCUT2D eigenvalue weighted by Crippen LogP contribution is 2.12. The summed E-state index contributed by atoms with van der Waals surface area (Å²) in [5.41, 5.74) is 1.37. The molecule has 23 heavy (non-hydrogen) atoms. The van der Waals surface area contributed by atoms with Crippen molar-refractivity contribution in [2.24, 2.45) is 0 Å². The van der Waals surface area contributed by atoms with E-state index in [1.165, 1.54) is 36.9 Å². The molecule has 2 aromatic carbocycles. The van der Waals surface area contributed by atoms with Crippen molar-refractivity contribution < 1.29 is 17.9 Å². The molecular weight excluding hydrogens is 314 g/mol. The molecule has 2 aromatic rings. The maximum atomic E-state index is 12.2. The first-order chi connectivity index (χ1) is 11.0. The molecule has 0 aliphatic rings. The maximum absolute atomic E-state index is 12.2. The standard InChI is InChI=1S/C17H19NO4S/c1-22-17(19)15-10-5-11-16(13-15)23(20,21)18-12-6-9-14-7-3-2-4-8-14/h2-5,7-8,10-11,13,18H,6,9,12H2,1H3. The fourth-order valence-electron chi connectivity index (χ4n) is 2.14. The van der Waals surface area contributed by atoms with Crippen LogP contribution in [0, 0.1) is 0 Å². The van der Waals surface area contributed by atoms with Gasteiger partial charge in [-0.15, -0.1) is 0 Å². The minimum Gasteiger partial charge on any atom is -0.465 e. The second-order valence-corrected chi connectivity index (χ2v) is 6.77. The molecule has 0 bridgehead atoms. The van der Waals surface area contributed by atoms with Crippen LogP contribution in [-0.4, -0.2) is 28.0 Å². The third kappa shape index (κ3) is 4.91. The molecular formula is C17H19NO4S. The first-order valence-corrected chi connectivity index (χ1v) is 8.73. The number of rotatable bonds is 7. The van der Waals surface area contributed by atoms with Gasteiger partial charge in [-0.25, -0.2) is 17.9 Å². The predicted octanol–water partition coefficient (Wildman–Crippen LogP) is 2.38. The fourth-order valence-corrected chi connectivity index (χ4v) is 3.25. The highest BCUT2D eigenvalue weighted by Gasteiger charge is 2.15. The highest BCUT2D eigenvalue weighted by molar-refractivity contribution is 7.89. The van der Waals surface area contributed by atoms with Gasteiger partial charge in [-0.1, -0.05) is 36.4 Å². The Balaban J connectivity index is 1.95. The van der Waals surface area contributed by atoms with Crippen LogP contribution in [0.15, 0.2) is 59.5 Å². The van der Waals surface area contributed by atoms with Gasteiger partial charge in [0.1, 0.15) is 0 Å². The van der Waals surface area contributed by atoms with Crippen molar-refractivity contribution in [2.75, 3.05) is 13.7 Å². The molecule has 5 nitrogen and oxygen atoms in total. The largest absolute Gasteiger partial charge is 0.465 e. The molecule has 0 aliphatic heterocycles. The summed E-state index contributed by atoms with van der Waals surface area (Å²) >= 11 is 0. The molecule has 2 rings (SSSR count). The average molecular weight is 333 g/mol. The maximum Gasteiger partial charge on any atom is 0.337 e. The Morgan fingerprint density at radius 1 is 1.09 bits per heavy atom. The van der Waals surface area contributed by atoms with Gasteiger partial charge in [-0.05, 0) is 36.6 Å². The van der Waals surface area contributed by atoms with Crippen LogP contribution < -0.4 is 4.72 Å². The van der Waals surface area contributed by atoms with Crippen molar-refractivity contribution in [3.05, 3.63) is 65.7 Å². The van der Waals surface area contributed by atoms with Crippen LogP contribution >= 0.6 is 0 Å². The second-order valence-electron chi connectivity index (χ2n) is 5.01. The number of hydrogen-bond acceptors (Lipinski definition) is 4. The lowest BCUT2D eigenvalue weighted by Gasteiger charge is -2.08. The van der Waals surface area contributed by atoms with Crippen LogP contribution in [0.1, 0.15) is 22.3 Å². The first-order valence-electron chi connectivity index (χ1n) is 7.25. The van der Waals surface area contributed by atoms with E-state index < -0.39 is 16.0 Å². The van der Waals surface area contributed by atoms with Crippen LogP contribution in [0.25, 0.3) is 0 Å². The summed E-state index contributed by atoms with van der Waals surface area (Å²) in [5.74, 6) is -0.564. The van der Waals surface area contributed by atoms with Gasteiger partial charge in [0.15, 0.2) is 0 Å². The summed E-state index contributed by atoms with van der Waals surface area (Å²) in [6, 6.07) is 15.7. The van der Waals surface area contributed by atoms with E-state index in [2.05, 4.69) is 9.46 Å². The van der Waals surface area contributed by atoms with E-state index in [1.54, 1.807) is 0 Å². The summed E-state index contributed by atoms with van der Waals surface area (Å²) in [4.78, 5) is 11.5. The van der Waals surface area contributed by atoms with Crippen molar-refractivity contribution >= 4 is 16.0 Å². The molecule has 0 radical (unpaired) electrons. The second kappa shape index (κ2) is 7.89. The Morgan fingerprint density at radius 2 is 1.83 bits per heavy atom. The van der Waals surface area contributed by atoms with Gasteiger partial charge < -0.3 is 4.74 Å². The van der Waals surface area contributed by atoms with E-state index in [-0.39, 0.29) is 10.5 Å². The molecule has 0 amide bonds. The van der Waals surface area contributed by atoms with Crippen molar-refractivity contribution in [1.29, 1.82) is 0 Å². The molecule has 0 spiro atoms. The van der Waals surface area contributed by atoms with Gasteiger partial charge >= 0.3 is 5.97 Å². The Hall–Kier alpha value is -2.18. The number of ether oxygens (including phenoxy) is 1. The van der Waals surface area contributed by atoms with E-state index in [0.717, 1.165) is 6.42 Å². The summed E-state index contributed by atoms with van der Waals surface area (Å²) in [7, 11) is -2.38. The van der Waals surface area contributed by atoms with E-state index in [0.29, 0.717) is 13.0 Å². The highest BCUT2D eigenvalue weighted by atomic mass is 32.2. The molecule has 0 unspecified atom stereocenters. The summed E-state index contributed by atoms with van der Waals surface area (Å²) in [6.07, 6.45) is 1.49. The smallest absolute Gasteiger partial charge is 0.337 e. The molecule has 0 aromatic heterocycles. The van der Waals surface area contributed by atoms with Crippen molar-refractivity contribution in [2.45, 2.75) is 17.7 Å². The average Bonchev–Trinajstić information content (AvgIpc) is 2.59. The zero-order valence-corrected chi connectivity index (χ0v) is 13.7. The lowest BCUT2D eigenvalue weighted by molar-refractivity contribution is 0.0600. The third-order valence-corrected chi connectivity index (χ3v) is 4.80. The Kier molecular flexibility index (Phi) is 5.90. The van der Waals surface area contributed by atoms with Crippen LogP contribution in [0.2, 0.25) is 0 Å². The van der Waals surface area contributed by atoms with Gasteiger partial charge in [0.2, 0.25) is 10.0 Å². The van der Waals surface area contributed by atoms with E-state index in [1.807, 2.05) is 30.3 Å². The van der Waals surface area contributed by atoms with Crippen molar-refractivity contribution in [3.8, 4) is 0 Å². The number of nitrogens with one attached hydrogen (secondary N) is 1. The Labute approximate surface area is 136 Å². The van der Waals surface area contributed by atoms with Gasteiger partial charge in [-0.3, -0.25) is 0 Å². The van der Waals surface area contributed by atoms with Gasteiger partial charge in [0.05, 0.1) is 17.6 Å². The number of esters is 1. The Morgan fingerprint density at radius 3 is 2.52 bits per heavy atom. The minimum absolute atomic E-state index is 0.0557. The SMILES string of the molecule is COC(=O)c1cccc(S(=O)(=O)NCCCc2ccccc2)c1. The summed E-state index contributed by atoms with van der Waals surface area (Å²) < 4.78 is 31.6. The monoisotopic (exact) mass is 333 g/mol. The number of benzene rings is 2. The van der Waals surface area contributed by atoms with Crippen LogP contribution in [0.3, 0.4) is 0 Å². The van der Waals surface area contributed by atoms with Crippen LogP contribution in [0.4, 0.5) is 0 Å². The van der Waals surface area contributed by atoms with Gasteiger partial charge in [-0.2, -0.15) is 0 Å². The molecule has 0 atom stereocenters. The number of carbonyl (C=O) groups excluding carboxylic acids is 1. The quantitative estimate of drug-likeness (QED) is 0.624. The van der Waals surface area contributed by atoms with Gasteiger partial charge in [0.25, 0.3) is 0 Å². The number of aryl methyl sites for hydroxylation is 1. The summed E-state index contributed by atoms with van der Waals surface area (Å²) in [5, 5.41) is 0. The fraction of sp³-hybridized carbons (Fsp3) is 0.235. The van der Waals surface area contributed by atoms with E-state index in [9.17, 15) is 13.2 Å². The zero-order valence-electron chi connectivity index (χ0n) is 12.9. The predicted molar refractivity (Wildman–Crippen MR) is 87.7 cm³/mol. The van der Waals surface area contributed by atoms with Crippen molar-refractivity contribution in [3.63, 3.8) is 0 Å². The minimum atomic E-state index is -3.64. The number of sulfonamides is 1. The lowest BCUT2D eigenvalue weighted by atomic mass is 10.1. The van der Waals surface area contributed by atoms with Crippen LogP contribution in [0.5, 0.6) is 0 Å². The molecule has 1 N–H and O–H groups in total. The molecule has 0 heterocycles. The molecule has 0 saturated heterocycles. The number of methoxy groups -OCH3 is 1. The lowest BCUT2D eigenvalue weighted by Crippen LogP contribution is -2.25. The molecule has 6 heteroatoms. The van der Waals surface area contributed by atoms with Gasteiger partial charge in [0, 0.05) is 6.54 Å². The van der Waals surface area contributed by atoms with E-state index >= 15 is 0 Å². The molecule has 0 aliphatic carbocycles. The van der Waals surface area contributed by atoms with Crippen molar-refractivity contribution in [1.82, 2.24) is 4.72 Å². The number of carbonyl (C=O) groups is 1. The molecule has 0 fully saturated rings. The third-order valence-electron chi connectivity index (χ3n) is 3.34. The normalized spacial score (nSPS) is 11.2. The zero-order chi connectivity index (χ0) is 16.7. The summed E-state index contributed by atoms with van der Waals surface area (Å²) in [6.45, 7) is 0.333. The first kappa shape index (κ1) is 17.2. The Bertz CT molecular complexity index is 757. The molecule has 0 saturated carbocycles. The molecule has 122 valence electrons. The van der Waals surface area contributed by atoms with E-state index in [4.69, 9.17) is 0 Å². The number of hydrogen-bond donors (Lipinski definition) is 1. The van der Waals surface area contributed by atoms with Crippen LogP contribution in [-0.2, 0) is 21.2 Å². The topological polar surface area (TPSA) is 72.5 Å².